The maximum Gasteiger partial charge on any atom is 0.251 e. The fourth-order valence-electron chi connectivity index (χ4n) is 6.09. The molecule has 7 heteroatoms. The highest BCUT2D eigenvalue weighted by Crippen LogP contribution is 2.23. The fourth-order valence-corrected chi connectivity index (χ4v) is 6.27. The van der Waals surface area contributed by atoms with Crippen LogP contribution in [-0.4, -0.2) is 73.0 Å². The molecule has 5 rings (SSSR count). The predicted molar refractivity (Wildman–Crippen MR) is 163 cm³/mol. The summed E-state index contributed by atoms with van der Waals surface area (Å²) in [5, 5.41) is 9.46. The van der Waals surface area contributed by atoms with E-state index in [1.807, 2.05) is 42.5 Å². The summed E-state index contributed by atoms with van der Waals surface area (Å²) in [5.74, 6) is 0.385. The van der Waals surface area contributed by atoms with Gasteiger partial charge in [0.05, 0.1) is 6.04 Å². The van der Waals surface area contributed by atoms with Crippen molar-refractivity contribution in [1.82, 2.24) is 20.4 Å². The Bertz CT molecular complexity index is 1290. The van der Waals surface area contributed by atoms with Crippen LogP contribution in [0.2, 0.25) is 5.02 Å². The number of amides is 2. The second-order valence-electron chi connectivity index (χ2n) is 11.3. The number of nitrogens with zero attached hydrogens (tertiary/aromatic N) is 2. The molecule has 3 aromatic rings. The molecule has 0 bridgehead atoms. The number of carbonyl (C=O) groups excluding carboxylic acids is 2. The molecule has 0 spiro atoms. The Morgan fingerprint density at radius 1 is 1.00 bits per heavy atom. The van der Waals surface area contributed by atoms with E-state index < -0.39 is 0 Å². The summed E-state index contributed by atoms with van der Waals surface area (Å²) in [6, 6.07) is 21.6. The molecular formula is C33H41ClN4O2. The molecule has 0 aliphatic carbocycles. The predicted octanol–water partition coefficient (Wildman–Crippen LogP) is 5.46. The number of benzene rings is 3. The van der Waals surface area contributed by atoms with Crippen LogP contribution in [0, 0.1) is 0 Å². The Labute approximate surface area is 243 Å². The van der Waals surface area contributed by atoms with Crippen LogP contribution >= 0.6 is 11.6 Å². The van der Waals surface area contributed by atoms with Crippen LogP contribution < -0.4 is 10.6 Å². The average molecular weight is 561 g/mol. The first-order valence-corrected chi connectivity index (χ1v) is 15.2. The van der Waals surface area contributed by atoms with E-state index in [0.29, 0.717) is 29.6 Å². The van der Waals surface area contributed by atoms with E-state index in [1.165, 1.54) is 24.8 Å². The molecule has 0 aromatic heterocycles. The van der Waals surface area contributed by atoms with Crippen LogP contribution in [0.25, 0.3) is 10.8 Å². The number of fused-ring (bicyclic) bond motifs is 1. The van der Waals surface area contributed by atoms with Crippen molar-refractivity contribution < 1.29 is 9.59 Å². The molecule has 40 heavy (non-hydrogen) atoms. The van der Waals surface area contributed by atoms with Crippen molar-refractivity contribution in [2.45, 2.75) is 57.0 Å². The lowest BCUT2D eigenvalue weighted by Crippen LogP contribution is -2.54. The van der Waals surface area contributed by atoms with Crippen LogP contribution in [0.5, 0.6) is 0 Å². The summed E-state index contributed by atoms with van der Waals surface area (Å²) < 4.78 is 0. The molecule has 2 heterocycles. The SMILES string of the molecule is CCC(CN1CCC(CNC(=O)c2ccc3cc(Cl)ccc3c2)NC(CN2CCCCC2)C1=O)c1ccccc1. The van der Waals surface area contributed by atoms with Gasteiger partial charge in [-0.3, -0.25) is 9.59 Å². The zero-order valence-electron chi connectivity index (χ0n) is 23.4. The summed E-state index contributed by atoms with van der Waals surface area (Å²) in [6.07, 6.45) is 5.42. The Balaban J connectivity index is 1.27. The fraction of sp³-hybridized carbons (Fsp3) is 0.455. The lowest BCUT2D eigenvalue weighted by Gasteiger charge is -2.33. The molecule has 0 saturated carbocycles. The van der Waals surface area contributed by atoms with Crippen molar-refractivity contribution in [2.24, 2.45) is 0 Å². The van der Waals surface area contributed by atoms with Gasteiger partial charge in [0.25, 0.3) is 5.91 Å². The van der Waals surface area contributed by atoms with E-state index in [2.05, 4.69) is 51.6 Å². The molecule has 3 atom stereocenters. The van der Waals surface area contributed by atoms with Crippen molar-refractivity contribution in [1.29, 1.82) is 0 Å². The Hall–Kier alpha value is -2.93. The highest BCUT2D eigenvalue weighted by Gasteiger charge is 2.33. The number of rotatable bonds is 9. The molecule has 0 radical (unpaired) electrons. The Morgan fingerprint density at radius 3 is 2.52 bits per heavy atom. The smallest absolute Gasteiger partial charge is 0.251 e. The highest BCUT2D eigenvalue weighted by molar-refractivity contribution is 6.31. The summed E-state index contributed by atoms with van der Waals surface area (Å²) in [7, 11) is 0. The Morgan fingerprint density at radius 2 is 1.75 bits per heavy atom. The minimum atomic E-state index is -0.277. The Kier molecular flexibility index (Phi) is 9.74. The quantitative estimate of drug-likeness (QED) is 0.365. The third-order valence-corrected chi connectivity index (χ3v) is 8.70. The maximum atomic E-state index is 13.9. The van der Waals surface area contributed by atoms with E-state index in [-0.39, 0.29) is 23.9 Å². The van der Waals surface area contributed by atoms with E-state index in [4.69, 9.17) is 11.6 Å². The van der Waals surface area contributed by atoms with Gasteiger partial charge in [-0.25, -0.2) is 0 Å². The lowest BCUT2D eigenvalue weighted by atomic mass is 9.95. The van der Waals surface area contributed by atoms with Crippen molar-refractivity contribution in [2.75, 3.05) is 39.3 Å². The van der Waals surface area contributed by atoms with Crippen LogP contribution in [0.15, 0.2) is 66.7 Å². The van der Waals surface area contributed by atoms with Gasteiger partial charge in [0.15, 0.2) is 0 Å². The summed E-state index contributed by atoms with van der Waals surface area (Å²) in [5.41, 5.74) is 1.91. The minimum absolute atomic E-state index is 0.0174. The van der Waals surface area contributed by atoms with Gasteiger partial charge < -0.3 is 20.4 Å². The minimum Gasteiger partial charge on any atom is -0.350 e. The number of nitrogens with one attached hydrogen (secondary N) is 2. The molecule has 2 N–H and O–H groups in total. The normalized spacial score (nSPS) is 21.2. The van der Waals surface area contributed by atoms with E-state index in [1.54, 1.807) is 0 Å². The zero-order valence-corrected chi connectivity index (χ0v) is 24.2. The number of hydrogen-bond acceptors (Lipinski definition) is 4. The van der Waals surface area contributed by atoms with Gasteiger partial charge in [0.1, 0.15) is 0 Å². The van der Waals surface area contributed by atoms with Gasteiger partial charge in [0.2, 0.25) is 5.91 Å². The van der Waals surface area contributed by atoms with Crippen molar-refractivity contribution in [3.63, 3.8) is 0 Å². The standard InChI is InChI=1S/C33H41ClN4O2/c1-2-24(25-9-5-3-6-10-25)22-38-18-15-30(36-31(33(38)40)23-37-16-7-4-8-17-37)21-35-32(39)28-12-11-27-20-29(34)14-13-26(27)19-28/h3,5-6,9-14,19-20,24,30-31,36H,2,4,7-8,15-18,21-23H2,1H3,(H,35,39). The molecule has 6 nitrogen and oxygen atoms in total. The zero-order chi connectivity index (χ0) is 27.9. The van der Waals surface area contributed by atoms with Gasteiger partial charge in [-0.1, -0.05) is 67.4 Å². The molecule has 212 valence electrons. The number of likely N-dealkylation sites (tertiary alicyclic amines) is 1. The number of piperidine rings is 1. The van der Waals surface area contributed by atoms with Gasteiger partial charge >= 0.3 is 0 Å². The first-order chi connectivity index (χ1) is 19.5. The maximum absolute atomic E-state index is 13.9. The van der Waals surface area contributed by atoms with E-state index in [9.17, 15) is 9.59 Å². The number of halogens is 1. The van der Waals surface area contributed by atoms with Crippen LogP contribution in [0.4, 0.5) is 0 Å². The number of hydrogen-bond donors (Lipinski definition) is 2. The summed E-state index contributed by atoms with van der Waals surface area (Å²) in [4.78, 5) is 31.5. The topological polar surface area (TPSA) is 64.7 Å². The van der Waals surface area contributed by atoms with Crippen molar-refractivity contribution in [3.05, 3.63) is 82.9 Å². The third kappa shape index (κ3) is 7.22. The van der Waals surface area contributed by atoms with Gasteiger partial charge in [-0.15, -0.1) is 0 Å². The van der Waals surface area contributed by atoms with Gasteiger partial charge in [-0.05, 0) is 79.4 Å². The third-order valence-electron chi connectivity index (χ3n) is 8.46. The summed E-state index contributed by atoms with van der Waals surface area (Å²) >= 11 is 6.11. The summed E-state index contributed by atoms with van der Waals surface area (Å²) in [6.45, 7) is 6.88. The van der Waals surface area contributed by atoms with Crippen molar-refractivity contribution >= 4 is 34.2 Å². The van der Waals surface area contributed by atoms with Crippen LogP contribution in [0.1, 0.15) is 60.9 Å². The van der Waals surface area contributed by atoms with Crippen molar-refractivity contribution in [3.8, 4) is 0 Å². The lowest BCUT2D eigenvalue weighted by molar-refractivity contribution is -0.133. The van der Waals surface area contributed by atoms with Crippen LogP contribution in [-0.2, 0) is 4.79 Å². The molecule has 2 amide bonds. The van der Waals surface area contributed by atoms with Gasteiger partial charge in [-0.2, -0.15) is 0 Å². The average Bonchev–Trinajstić information content (AvgIpc) is 3.13. The molecule has 2 aliphatic heterocycles. The second-order valence-corrected chi connectivity index (χ2v) is 11.7. The molecule has 2 fully saturated rings. The molecular weight excluding hydrogens is 520 g/mol. The van der Waals surface area contributed by atoms with Crippen LogP contribution in [0.3, 0.4) is 0 Å². The highest BCUT2D eigenvalue weighted by atomic mass is 35.5. The monoisotopic (exact) mass is 560 g/mol. The first kappa shape index (κ1) is 28.6. The molecule has 2 saturated heterocycles. The molecule has 3 aromatic carbocycles. The van der Waals surface area contributed by atoms with E-state index >= 15 is 0 Å². The van der Waals surface area contributed by atoms with Gasteiger partial charge in [0, 0.05) is 48.7 Å². The largest absolute Gasteiger partial charge is 0.350 e. The molecule has 2 aliphatic rings. The second kappa shape index (κ2) is 13.6. The first-order valence-electron chi connectivity index (χ1n) is 14.8. The number of carbonyl (C=O) groups is 2. The van der Waals surface area contributed by atoms with E-state index in [0.717, 1.165) is 49.8 Å². The molecule has 3 unspecified atom stereocenters.